The summed E-state index contributed by atoms with van der Waals surface area (Å²) < 4.78 is 1.04. The van der Waals surface area contributed by atoms with Crippen molar-refractivity contribution >= 4 is 27.5 Å². The molecule has 0 N–H and O–H groups in total. The molecule has 0 saturated carbocycles. The second-order valence-corrected chi connectivity index (χ2v) is 5.43. The van der Waals surface area contributed by atoms with Crippen LogP contribution in [-0.2, 0) is 4.79 Å². The quantitative estimate of drug-likeness (QED) is 0.764. The third-order valence-corrected chi connectivity index (χ3v) is 3.42. The average molecular weight is 268 g/mol. The van der Waals surface area contributed by atoms with E-state index in [0.29, 0.717) is 6.42 Å². The Labute approximate surface area is 98.4 Å². The Kier molecular flexibility index (Phi) is 2.59. The maximum atomic E-state index is 11.8. The minimum atomic E-state index is -0.0507. The van der Waals surface area contributed by atoms with Crippen molar-refractivity contribution in [3.05, 3.63) is 28.7 Å². The van der Waals surface area contributed by atoms with E-state index < -0.39 is 0 Å². The van der Waals surface area contributed by atoms with E-state index in [1.165, 1.54) is 0 Å². The molecule has 1 aromatic rings. The number of anilines is 1. The maximum absolute atomic E-state index is 11.8. The standard InChI is InChI=1S/C12H14BrNO/c1-12(2)8-7-11(15)14(12)10-5-3-9(13)4-6-10/h3-6H,7-8H2,1-2H3. The zero-order chi connectivity index (χ0) is 11.1. The van der Waals surface area contributed by atoms with Crippen LogP contribution in [0.1, 0.15) is 26.7 Å². The van der Waals surface area contributed by atoms with Crippen LogP contribution in [0.5, 0.6) is 0 Å². The molecule has 0 bridgehead atoms. The lowest BCUT2D eigenvalue weighted by molar-refractivity contribution is -0.117. The summed E-state index contributed by atoms with van der Waals surface area (Å²) in [6.07, 6.45) is 1.59. The number of amides is 1. The number of carbonyl (C=O) groups is 1. The van der Waals surface area contributed by atoms with Crippen molar-refractivity contribution in [1.82, 2.24) is 0 Å². The van der Waals surface area contributed by atoms with Crippen LogP contribution in [0.3, 0.4) is 0 Å². The van der Waals surface area contributed by atoms with Crippen LogP contribution < -0.4 is 4.90 Å². The zero-order valence-electron chi connectivity index (χ0n) is 8.96. The van der Waals surface area contributed by atoms with Crippen molar-refractivity contribution in [2.24, 2.45) is 0 Å². The molecular weight excluding hydrogens is 254 g/mol. The Hall–Kier alpha value is -0.830. The highest BCUT2D eigenvalue weighted by Crippen LogP contribution is 2.34. The fourth-order valence-electron chi connectivity index (χ4n) is 2.06. The molecule has 1 saturated heterocycles. The van der Waals surface area contributed by atoms with Gasteiger partial charge in [-0.15, -0.1) is 0 Å². The molecule has 15 heavy (non-hydrogen) atoms. The van der Waals surface area contributed by atoms with Gasteiger partial charge in [-0.2, -0.15) is 0 Å². The fraction of sp³-hybridized carbons (Fsp3) is 0.417. The van der Waals surface area contributed by atoms with Gasteiger partial charge in [0.2, 0.25) is 5.91 Å². The van der Waals surface area contributed by atoms with Crippen LogP contribution in [0.2, 0.25) is 0 Å². The van der Waals surface area contributed by atoms with E-state index in [0.717, 1.165) is 16.6 Å². The van der Waals surface area contributed by atoms with Gasteiger partial charge in [0.25, 0.3) is 0 Å². The third kappa shape index (κ3) is 1.93. The Morgan fingerprint density at radius 3 is 2.33 bits per heavy atom. The van der Waals surface area contributed by atoms with Crippen molar-refractivity contribution in [2.45, 2.75) is 32.2 Å². The number of rotatable bonds is 1. The van der Waals surface area contributed by atoms with Gasteiger partial charge in [0.15, 0.2) is 0 Å². The van der Waals surface area contributed by atoms with E-state index in [-0.39, 0.29) is 11.4 Å². The van der Waals surface area contributed by atoms with Crippen molar-refractivity contribution in [3.8, 4) is 0 Å². The van der Waals surface area contributed by atoms with Gasteiger partial charge in [0, 0.05) is 22.1 Å². The van der Waals surface area contributed by atoms with Gasteiger partial charge in [-0.25, -0.2) is 0 Å². The van der Waals surface area contributed by atoms with Crippen molar-refractivity contribution < 1.29 is 4.79 Å². The first-order valence-electron chi connectivity index (χ1n) is 5.09. The molecule has 1 aromatic carbocycles. The molecule has 0 aromatic heterocycles. The Morgan fingerprint density at radius 1 is 1.27 bits per heavy atom. The number of nitrogens with zero attached hydrogens (tertiary/aromatic N) is 1. The summed E-state index contributed by atoms with van der Waals surface area (Å²) in [7, 11) is 0. The molecule has 80 valence electrons. The van der Waals surface area contributed by atoms with Crippen LogP contribution in [-0.4, -0.2) is 11.4 Å². The lowest BCUT2D eigenvalue weighted by atomic mass is 10.0. The first-order valence-corrected chi connectivity index (χ1v) is 5.89. The van der Waals surface area contributed by atoms with Gasteiger partial charge in [-0.3, -0.25) is 4.79 Å². The summed E-state index contributed by atoms with van der Waals surface area (Å²) in [6.45, 7) is 4.22. The van der Waals surface area contributed by atoms with E-state index in [1.54, 1.807) is 0 Å². The van der Waals surface area contributed by atoms with Crippen molar-refractivity contribution in [2.75, 3.05) is 4.90 Å². The molecule has 1 fully saturated rings. The maximum Gasteiger partial charge on any atom is 0.227 e. The molecule has 0 atom stereocenters. The summed E-state index contributed by atoms with van der Waals surface area (Å²) in [5, 5.41) is 0. The highest BCUT2D eigenvalue weighted by atomic mass is 79.9. The fourth-order valence-corrected chi connectivity index (χ4v) is 2.32. The monoisotopic (exact) mass is 267 g/mol. The van der Waals surface area contributed by atoms with Gasteiger partial charge < -0.3 is 4.90 Å². The van der Waals surface area contributed by atoms with E-state index in [1.807, 2.05) is 29.2 Å². The summed E-state index contributed by atoms with van der Waals surface area (Å²) >= 11 is 3.39. The van der Waals surface area contributed by atoms with Crippen LogP contribution >= 0.6 is 15.9 Å². The molecule has 0 unspecified atom stereocenters. The van der Waals surface area contributed by atoms with E-state index in [9.17, 15) is 4.79 Å². The topological polar surface area (TPSA) is 20.3 Å². The zero-order valence-corrected chi connectivity index (χ0v) is 10.5. The molecule has 1 aliphatic rings. The Morgan fingerprint density at radius 2 is 1.87 bits per heavy atom. The molecular formula is C12H14BrNO. The minimum Gasteiger partial charge on any atom is -0.307 e. The van der Waals surface area contributed by atoms with Crippen LogP contribution in [0.25, 0.3) is 0 Å². The highest BCUT2D eigenvalue weighted by Gasteiger charge is 2.38. The number of hydrogen-bond donors (Lipinski definition) is 0. The molecule has 1 heterocycles. The minimum absolute atomic E-state index is 0.0507. The average Bonchev–Trinajstić information content (AvgIpc) is 2.43. The molecule has 0 aliphatic carbocycles. The lowest BCUT2D eigenvalue weighted by Gasteiger charge is -2.31. The number of carbonyl (C=O) groups excluding carboxylic acids is 1. The van der Waals surface area contributed by atoms with Crippen molar-refractivity contribution in [3.63, 3.8) is 0 Å². The molecule has 0 radical (unpaired) electrons. The summed E-state index contributed by atoms with van der Waals surface area (Å²) in [6, 6.07) is 7.90. The largest absolute Gasteiger partial charge is 0.307 e. The summed E-state index contributed by atoms with van der Waals surface area (Å²) in [5.74, 6) is 0.224. The van der Waals surface area contributed by atoms with Gasteiger partial charge in [-0.05, 0) is 44.5 Å². The molecule has 1 aliphatic heterocycles. The number of benzene rings is 1. The normalized spacial score (nSPS) is 19.7. The van der Waals surface area contributed by atoms with E-state index in [2.05, 4.69) is 29.8 Å². The molecule has 0 spiro atoms. The van der Waals surface area contributed by atoms with E-state index >= 15 is 0 Å². The summed E-state index contributed by atoms with van der Waals surface area (Å²) in [4.78, 5) is 13.7. The summed E-state index contributed by atoms with van der Waals surface area (Å²) in [5.41, 5.74) is 0.941. The predicted molar refractivity (Wildman–Crippen MR) is 64.9 cm³/mol. The van der Waals surface area contributed by atoms with Crippen LogP contribution in [0, 0.1) is 0 Å². The number of hydrogen-bond acceptors (Lipinski definition) is 1. The van der Waals surface area contributed by atoms with Gasteiger partial charge in [0.1, 0.15) is 0 Å². The first-order chi connectivity index (χ1) is 7.00. The number of halogens is 1. The van der Waals surface area contributed by atoms with E-state index in [4.69, 9.17) is 0 Å². The molecule has 2 rings (SSSR count). The smallest absolute Gasteiger partial charge is 0.227 e. The van der Waals surface area contributed by atoms with Gasteiger partial charge in [0.05, 0.1) is 0 Å². The lowest BCUT2D eigenvalue weighted by Crippen LogP contribution is -2.40. The third-order valence-electron chi connectivity index (χ3n) is 2.89. The Bertz CT molecular complexity index is 383. The second-order valence-electron chi connectivity index (χ2n) is 4.52. The molecule has 3 heteroatoms. The SMILES string of the molecule is CC1(C)CCC(=O)N1c1ccc(Br)cc1. The van der Waals surface area contributed by atoms with Crippen molar-refractivity contribution in [1.29, 1.82) is 0 Å². The highest BCUT2D eigenvalue weighted by molar-refractivity contribution is 9.10. The van der Waals surface area contributed by atoms with Crippen LogP contribution in [0.4, 0.5) is 5.69 Å². The first kappa shape index (κ1) is 10.7. The predicted octanol–water partition coefficient (Wildman–Crippen LogP) is 3.35. The Balaban J connectivity index is 2.37. The van der Waals surface area contributed by atoms with Crippen LogP contribution in [0.15, 0.2) is 28.7 Å². The second kappa shape index (κ2) is 3.63. The van der Waals surface area contributed by atoms with Gasteiger partial charge >= 0.3 is 0 Å². The molecule has 1 amide bonds. The molecule has 2 nitrogen and oxygen atoms in total. The van der Waals surface area contributed by atoms with Gasteiger partial charge in [-0.1, -0.05) is 15.9 Å².